The van der Waals surface area contributed by atoms with Crippen molar-refractivity contribution < 1.29 is 0 Å². The fourth-order valence-corrected chi connectivity index (χ4v) is 2.99. The van der Waals surface area contributed by atoms with E-state index in [0.29, 0.717) is 5.41 Å². The Labute approximate surface area is 101 Å². The molecule has 2 fully saturated rings. The van der Waals surface area contributed by atoms with E-state index in [0.717, 1.165) is 17.9 Å². The number of piperazine rings is 1. The maximum Gasteiger partial charge on any atom is 0.0198 e. The molecule has 0 bridgehead atoms. The smallest absolute Gasteiger partial charge is 0.0198 e. The molecule has 2 unspecified atom stereocenters. The molecule has 16 heavy (non-hydrogen) atoms. The molecule has 94 valence electrons. The largest absolute Gasteiger partial charge is 0.311 e. The zero-order valence-corrected chi connectivity index (χ0v) is 11.4. The highest BCUT2D eigenvalue weighted by atomic mass is 15.2. The highest BCUT2D eigenvalue weighted by molar-refractivity contribution is 4.97. The van der Waals surface area contributed by atoms with Crippen molar-refractivity contribution in [1.82, 2.24) is 10.2 Å². The van der Waals surface area contributed by atoms with Gasteiger partial charge in [0.2, 0.25) is 0 Å². The SMILES string of the molecule is CC(C)CC1CN(CC2CC2(C)C)CCN1. The van der Waals surface area contributed by atoms with Crippen molar-refractivity contribution in [3.63, 3.8) is 0 Å². The molecule has 1 aliphatic carbocycles. The second-order valence-corrected chi connectivity index (χ2v) is 6.93. The molecule has 1 N–H and O–H groups in total. The van der Waals surface area contributed by atoms with Gasteiger partial charge in [0.05, 0.1) is 0 Å². The number of hydrogen-bond acceptors (Lipinski definition) is 2. The summed E-state index contributed by atoms with van der Waals surface area (Å²) in [7, 11) is 0. The third kappa shape index (κ3) is 3.21. The molecular weight excluding hydrogens is 196 g/mol. The average Bonchev–Trinajstić information content (AvgIpc) is 2.72. The Balaban J connectivity index is 1.74. The predicted octanol–water partition coefficient (Wildman–Crippen LogP) is 2.35. The maximum atomic E-state index is 3.65. The molecule has 1 aliphatic heterocycles. The Morgan fingerprint density at radius 1 is 1.38 bits per heavy atom. The van der Waals surface area contributed by atoms with Gasteiger partial charge >= 0.3 is 0 Å². The van der Waals surface area contributed by atoms with Crippen molar-refractivity contribution in [2.45, 2.75) is 46.6 Å². The highest BCUT2D eigenvalue weighted by Crippen LogP contribution is 2.51. The Hall–Kier alpha value is -0.0800. The van der Waals surface area contributed by atoms with Crippen molar-refractivity contribution in [3.05, 3.63) is 0 Å². The molecule has 2 atom stereocenters. The summed E-state index contributed by atoms with van der Waals surface area (Å²) < 4.78 is 0. The minimum Gasteiger partial charge on any atom is -0.311 e. The van der Waals surface area contributed by atoms with E-state index in [-0.39, 0.29) is 0 Å². The lowest BCUT2D eigenvalue weighted by Crippen LogP contribution is -2.51. The Kier molecular flexibility index (Phi) is 3.60. The van der Waals surface area contributed by atoms with Gasteiger partial charge in [-0.3, -0.25) is 0 Å². The molecule has 0 spiro atoms. The zero-order chi connectivity index (χ0) is 11.8. The van der Waals surface area contributed by atoms with Gasteiger partial charge < -0.3 is 10.2 Å². The van der Waals surface area contributed by atoms with Gasteiger partial charge in [-0.2, -0.15) is 0 Å². The van der Waals surface area contributed by atoms with Crippen LogP contribution in [0.4, 0.5) is 0 Å². The first-order chi connectivity index (χ1) is 7.47. The first-order valence-corrected chi connectivity index (χ1v) is 6.93. The van der Waals surface area contributed by atoms with Crippen LogP contribution in [0.1, 0.15) is 40.5 Å². The lowest BCUT2D eigenvalue weighted by Gasteiger charge is -2.34. The molecule has 0 amide bonds. The Bertz CT molecular complexity index is 235. The van der Waals surface area contributed by atoms with Gasteiger partial charge in [-0.1, -0.05) is 27.7 Å². The minimum atomic E-state index is 0.637. The van der Waals surface area contributed by atoms with Crippen molar-refractivity contribution in [1.29, 1.82) is 0 Å². The van der Waals surface area contributed by atoms with E-state index in [1.165, 1.54) is 39.0 Å². The molecule has 2 aliphatic rings. The van der Waals surface area contributed by atoms with E-state index in [9.17, 15) is 0 Å². The van der Waals surface area contributed by atoms with Gasteiger partial charge in [0.1, 0.15) is 0 Å². The molecule has 2 heteroatoms. The van der Waals surface area contributed by atoms with E-state index < -0.39 is 0 Å². The van der Waals surface area contributed by atoms with E-state index in [1.54, 1.807) is 0 Å². The van der Waals surface area contributed by atoms with E-state index in [4.69, 9.17) is 0 Å². The molecule has 2 nitrogen and oxygen atoms in total. The van der Waals surface area contributed by atoms with Gasteiger partial charge in [0.25, 0.3) is 0 Å². The first kappa shape index (κ1) is 12.4. The molecule has 1 heterocycles. The number of hydrogen-bond donors (Lipinski definition) is 1. The van der Waals surface area contributed by atoms with Crippen LogP contribution in [0, 0.1) is 17.3 Å². The molecule has 1 saturated carbocycles. The molecule has 2 rings (SSSR count). The monoisotopic (exact) mass is 224 g/mol. The Morgan fingerprint density at radius 2 is 2.06 bits per heavy atom. The van der Waals surface area contributed by atoms with Gasteiger partial charge in [-0.05, 0) is 30.1 Å². The van der Waals surface area contributed by atoms with Crippen LogP contribution in [0.25, 0.3) is 0 Å². The van der Waals surface area contributed by atoms with Crippen molar-refractivity contribution in [2.24, 2.45) is 17.3 Å². The molecule has 1 saturated heterocycles. The van der Waals surface area contributed by atoms with Gasteiger partial charge in [0.15, 0.2) is 0 Å². The summed E-state index contributed by atoms with van der Waals surface area (Å²) in [5, 5.41) is 3.65. The Morgan fingerprint density at radius 3 is 2.62 bits per heavy atom. The van der Waals surface area contributed by atoms with Crippen molar-refractivity contribution >= 4 is 0 Å². The lowest BCUT2D eigenvalue weighted by molar-refractivity contribution is 0.174. The number of nitrogens with one attached hydrogen (secondary N) is 1. The summed E-state index contributed by atoms with van der Waals surface area (Å²) in [6.45, 7) is 14.5. The number of rotatable bonds is 4. The second kappa shape index (κ2) is 4.66. The molecule has 0 aromatic rings. The summed E-state index contributed by atoms with van der Waals surface area (Å²) in [5.41, 5.74) is 0.637. The van der Waals surface area contributed by atoms with Crippen LogP contribution in [-0.4, -0.2) is 37.1 Å². The predicted molar refractivity (Wildman–Crippen MR) is 69.6 cm³/mol. The standard InChI is InChI=1S/C14H28N2/c1-11(2)7-13-10-16(6-5-15-13)9-12-8-14(12,3)4/h11-13,15H,5-10H2,1-4H3. The summed E-state index contributed by atoms with van der Waals surface area (Å²) in [5.74, 6) is 1.78. The van der Waals surface area contributed by atoms with Crippen molar-refractivity contribution in [2.75, 3.05) is 26.2 Å². The molecule has 0 radical (unpaired) electrons. The molecule has 0 aromatic heterocycles. The van der Waals surface area contributed by atoms with Crippen LogP contribution in [0.15, 0.2) is 0 Å². The maximum absolute atomic E-state index is 3.65. The van der Waals surface area contributed by atoms with Crippen LogP contribution in [0.5, 0.6) is 0 Å². The summed E-state index contributed by atoms with van der Waals surface area (Å²) in [4.78, 5) is 2.68. The first-order valence-electron chi connectivity index (χ1n) is 6.93. The fraction of sp³-hybridized carbons (Fsp3) is 1.00. The van der Waals surface area contributed by atoms with E-state index in [1.807, 2.05) is 0 Å². The third-order valence-electron chi connectivity index (χ3n) is 4.29. The van der Waals surface area contributed by atoms with Crippen LogP contribution in [0.2, 0.25) is 0 Å². The molecular formula is C14H28N2. The average molecular weight is 224 g/mol. The van der Waals surface area contributed by atoms with Crippen LogP contribution in [0.3, 0.4) is 0 Å². The van der Waals surface area contributed by atoms with Gasteiger partial charge in [-0.25, -0.2) is 0 Å². The fourth-order valence-electron chi connectivity index (χ4n) is 2.99. The zero-order valence-electron chi connectivity index (χ0n) is 11.4. The summed E-state index contributed by atoms with van der Waals surface area (Å²) in [6, 6.07) is 0.732. The summed E-state index contributed by atoms with van der Waals surface area (Å²) in [6.07, 6.45) is 2.76. The van der Waals surface area contributed by atoms with Crippen molar-refractivity contribution in [3.8, 4) is 0 Å². The number of nitrogens with zero attached hydrogens (tertiary/aromatic N) is 1. The quantitative estimate of drug-likeness (QED) is 0.788. The molecule has 0 aromatic carbocycles. The van der Waals surface area contributed by atoms with E-state index >= 15 is 0 Å². The summed E-state index contributed by atoms with van der Waals surface area (Å²) >= 11 is 0. The third-order valence-corrected chi connectivity index (χ3v) is 4.29. The van der Waals surface area contributed by atoms with Crippen LogP contribution < -0.4 is 5.32 Å². The van der Waals surface area contributed by atoms with Crippen LogP contribution >= 0.6 is 0 Å². The highest BCUT2D eigenvalue weighted by Gasteiger charge is 2.46. The van der Waals surface area contributed by atoms with Gasteiger partial charge in [-0.15, -0.1) is 0 Å². The van der Waals surface area contributed by atoms with E-state index in [2.05, 4.69) is 37.9 Å². The normalized spacial score (nSPS) is 34.3. The topological polar surface area (TPSA) is 15.3 Å². The minimum absolute atomic E-state index is 0.637. The van der Waals surface area contributed by atoms with Gasteiger partial charge in [0, 0.05) is 32.2 Å². The lowest BCUT2D eigenvalue weighted by atomic mass is 10.0. The second-order valence-electron chi connectivity index (χ2n) is 6.93. The van der Waals surface area contributed by atoms with Crippen LogP contribution in [-0.2, 0) is 0 Å².